The lowest BCUT2D eigenvalue weighted by molar-refractivity contribution is -0.150. The number of aliphatic hydroxyl groups excluding tert-OH is 1. The van der Waals surface area contributed by atoms with Crippen LogP contribution in [0, 0.1) is 0 Å². The van der Waals surface area contributed by atoms with Gasteiger partial charge in [-0.15, -0.1) is 0 Å². The van der Waals surface area contributed by atoms with Gasteiger partial charge in [-0.2, -0.15) is 0 Å². The Balaban J connectivity index is 4.24. The van der Waals surface area contributed by atoms with Crippen molar-refractivity contribution in [2.24, 2.45) is 0 Å². The second-order valence-corrected chi connectivity index (χ2v) is 3.87. The maximum Gasteiger partial charge on any atom is 0.331 e. The predicted molar refractivity (Wildman–Crippen MR) is 77.6 cm³/mol. The number of allylic oxidation sites excluding steroid dienone is 6. The molecule has 1 amide bonds. The molecule has 1 unspecified atom stereocenters. The van der Waals surface area contributed by atoms with E-state index in [1.807, 2.05) is 13.8 Å². The number of rotatable bonds is 7. The molecule has 5 nitrogen and oxygen atoms in total. The van der Waals surface area contributed by atoms with Crippen LogP contribution in [0.2, 0.25) is 0 Å². The zero-order chi connectivity index (χ0) is 15.4. The molecule has 0 aliphatic rings. The van der Waals surface area contributed by atoms with Crippen LogP contribution < -0.4 is 5.32 Å². The van der Waals surface area contributed by atoms with E-state index in [1.165, 1.54) is 25.2 Å². The number of hydrogen-bond acceptors (Lipinski definition) is 4. The van der Waals surface area contributed by atoms with Gasteiger partial charge in [0.25, 0.3) is 0 Å². The fourth-order valence-electron chi connectivity index (χ4n) is 1.10. The van der Waals surface area contributed by atoms with E-state index in [0.29, 0.717) is 0 Å². The Morgan fingerprint density at radius 3 is 2.15 bits per heavy atom. The molecule has 0 heterocycles. The number of hydrogen-bond donors (Lipinski definition) is 2. The molecule has 20 heavy (non-hydrogen) atoms. The molecule has 2 atom stereocenters. The molecule has 0 aliphatic heterocycles. The molecule has 0 fully saturated rings. The van der Waals surface area contributed by atoms with E-state index in [9.17, 15) is 14.7 Å². The Kier molecular flexibility index (Phi) is 9.60. The molecule has 0 rings (SSSR count). The molecule has 0 aromatic carbocycles. The highest BCUT2D eigenvalue weighted by Gasteiger charge is 2.18. The van der Waals surface area contributed by atoms with Gasteiger partial charge in [0, 0.05) is 12.2 Å². The number of esters is 1. The molecular formula is C15H21NO4. The fraction of sp³-hybridized carbons (Fsp3) is 0.333. The lowest BCUT2D eigenvalue weighted by Gasteiger charge is -2.18. The summed E-state index contributed by atoms with van der Waals surface area (Å²) in [7, 11) is 0. The second-order valence-electron chi connectivity index (χ2n) is 3.87. The standard InChI is InChI=1S/C15H21NO4/c1-4-6-8-10-13(17)16-15(19)12(3)20-14(18)11-9-7-5-2/h4-12,15,19H,1-3H3,(H,16,17)/b6-4+,7-5+,10-8-,11-9+/t12-,15?/m1/s1. The van der Waals surface area contributed by atoms with Crippen molar-refractivity contribution < 1.29 is 19.4 Å². The molecule has 2 N–H and O–H groups in total. The summed E-state index contributed by atoms with van der Waals surface area (Å²) in [6.45, 7) is 5.13. The molecule has 0 saturated carbocycles. The predicted octanol–water partition coefficient (Wildman–Crippen LogP) is 1.62. The molecule has 0 aromatic heterocycles. The number of carbonyl (C=O) groups is 2. The Hall–Kier alpha value is -2.14. The molecule has 0 saturated heterocycles. The van der Waals surface area contributed by atoms with Gasteiger partial charge in [0.05, 0.1) is 0 Å². The largest absolute Gasteiger partial charge is 0.455 e. The average Bonchev–Trinajstić information content (AvgIpc) is 2.39. The highest BCUT2D eigenvalue weighted by molar-refractivity contribution is 5.88. The van der Waals surface area contributed by atoms with Gasteiger partial charge < -0.3 is 15.2 Å². The van der Waals surface area contributed by atoms with Crippen molar-refractivity contribution in [3.63, 3.8) is 0 Å². The first-order valence-electron chi connectivity index (χ1n) is 6.29. The first kappa shape index (κ1) is 17.9. The van der Waals surface area contributed by atoms with Gasteiger partial charge in [-0.25, -0.2) is 4.79 Å². The van der Waals surface area contributed by atoms with Gasteiger partial charge in [0.15, 0.2) is 6.23 Å². The van der Waals surface area contributed by atoms with Gasteiger partial charge in [0.1, 0.15) is 6.10 Å². The molecule has 0 spiro atoms. The summed E-state index contributed by atoms with van der Waals surface area (Å²) < 4.78 is 4.92. The Morgan fingerprint density at radius 2 is 1.60 bits per heavy atom. The van der Waals surface area contributed by atoms with E-state index in [4.69, 9.17) is 4.74 Å². The van der Waals surface area contributed by atoms with Crippen LogP contribution in [-0.4, -0.2) is 29.3 Å². The average molecular weight is 279 g/mol. The van der Waals surface area contributed by atoms with Crippen LogP contribution in [0.5, 0.6) is 0 Å². The summed E-state index contributed by atoms with van der Waals surface area (Å²) in [5, 5.41) is 12.0. The third kappa shape index (κ3) is 8.88. The summed E-state index contributed by atoms with van der Waals surface area (Å²) in [6.07, 6.45) is 10.3. The molecule has 5 heteroatoms. The first-order valence-corrected chi connectivity index (χ1v) is 6.29. The number of ether oxygens (including phenoxy) is 1. The summed E-state index contributed by atoms with van der Waals surface area (Å²) in [4.78, 5) is 22.7. The maximum absolute atomic E-state index is 11.4. The van der Waals surface area contributed by atoms with Crippen molar-refractivity contribution in [1.29, 1.82) is 0 Å². The summed E-state index contributed by atoms with van der Waals surface area (Å²) in [5.74, 6) is -1.06. The highest BCUT2D eigenvalue weighted by Crippen LogP contribution is 1.98. The van der Waals surface area contributed by atoms with Crippen LogP contribution in [-0.2, 0) is 14.3 Å². The van der Waals surface area contributed by atoms with Crippen molar-refractivity contribution in [2.75, 3.05) is 0 Å². The van der Waals surface area contributed by atoms with E-state index in [-0.39, 0.29) is 0 Å². The van der Waals surface area contributed by atoms with Crippen molar-refractivity contribution >= 4 is 11.9 Å². The van der Waals surface area contributed by atoms with Crippen LogP contribution in [0.3, 0.4) is 0 Å². The Bertz CT molecular complexity index is 382. The number of aliphatic hydroxyl groups is 1. The molecule has 0 aromatic rings. The number of nitrogens with one attached hydrogen (secondary N) is 1. The fourth-order valence-corrected chi connectivity index (χ4v) is 1.10. The maximum atomic E-state index is 11.4. The number of amides is 1. The SMILES string of the molecule is C/C=C/C=C\C(=O)NC(O)[C@@H](C)OC(=O)/C=C/C=C/C. The molecule has 0 bridgehead atoms. The van der Waals surface area contributed by atoms with E-state index >= 15 is 0 Å². The van der Waals surface area contributed by atoms with Crippen LogP contribution in [0.4, 0.5) is 0 Å². The third-order valence-corrected chi connectivity index (χ3v) is 2.12. The quantitative estimate of drug-likeness (QED) is 0.321. The number of carbonyl (C=O) groups excluding carboxylic acids is 2. The smallest absolute Gasteiger partial charge is 0.331 e. The first-order chi connectivity index (χ1) is 9.51. The van der Waals surface area contributed by atoms with Crippen molar-refractivity contribution in [1.82, 2.24) is 5.32 Å². The van der Waals surface area contributed by atoms with E-state index in [0.717, 1.165) is 0 Å². The minimum atomic E-state index is -1.27. The van der Waals surface area contributed by atoms with E-state index < -0.39 is 24.2 Å². The molecule has 0 aliphatic carbocycles. The second kappa shape index (κ2) is 10.8. The van der Waals surface area contributed by atoms with E-state index in [1.54, 1.807) is 30.4 Å². The highest BCUT2D eigenvalue weighted by atomic mass is 16.6. The summed E-state index contributed by atoms with van der Waals surface area (Å²) in [6, 6.07) is 0. The Morgan fingerprint density at radius 1 is 1.05 bits per heavy atom. The van der Waals surface area contributed by atoms with Crippen LogP contribution in [0.1, 0.15) is 20.8 Å². The summed E-state index contributed by atoms with van der Waals surface area (Å²) >= 11 is 0. The Labute approximate surface area is 119 Å². The minimum absolute atomic E-state index is 0.469. The normalized spacial score (nSPS) is 15.2. The van der Waals surface area contributed by atoms with Crippen molar-refractivity contribution in [3.05, 3.63) is 48.6 Å². The summed E-state index contributed by atoms with van der Waals surface area (Å²) in [5.41, 5.74) is 0. The van der Waals surface area contributed by atoms with Crippen LogP contribution in [0.15, 0.2) is 48.6 Å². The van der Waals surface area contributed by atoms with Gasteiger partial charge in [-0.05, 0) is 20.8 Å². The van der Waals surface area contributed by atoms with Crippen molar-refractivity contribution in [2.45, 2.75) is 33.1 Å². The molecule has 0 radical (unpaired) electrons. The molecular weight excluding hydrogens is 258 g/mol. The topological polar surface area (TPSA) is 75.6 Å². The van der Waals surface area contributed by atoms with E-state index in [2.05, 4.69) is 5.32 Å². The lowest BCUT2D eigenvalue weighted by atomic mass is 10.3. The van der Waals surface area contributed by atoms with Gasteiger partial charge in [-0.1, -0.05) is 36.5 Å². The van der Waals surface area contributed by atoms with Gasteiger partial charge >= 0.3 is 5.97 Å². The lowest BCUT2D eigenvalue weighted by Crippen LogP contribution is -2.43. The van der Waals surface area contributed by atoms with Gasteiger partial charge in [-0.3, -0.25) is 4.79 Å². The van der Waals surface area contributed by atoms with Crippen molar-refractivity contribution in [3.8, 4) is 0 Å². The zero-order valence-corrected chi connectivity index (χ0v) is 11.9. The monoisotopic (exact) mass is 279 g/mol. The minimum Gasteiger partial charge on any atom is -0.455 e. The zero-order valence-electron chi connectivity index (χ0n) is 11.9. The van der Waals surface area contributed by atoms with Crippen LogP contribution >= 0.6 is 0 Å². The third-order valence-electron chi connectivity index (χ3n) is 2.12. The van der Waals surface area contributed by atoms with Gasteiger partial charge in [0.2, 0.25) is 5.91 Å². The molecule has 110 valence electrons. The van der Waals surface area contributed by atoms with Crippen LogP contribution in [0.25, 0.3) is 0 Å².